The van der Waals surface area contributed by atoms with E-state index in [1.54, 1.807) is 40.0 Å². The van der Waals surface area contributed by atoms with Crippen molar-refractivity contribution in [3.8, 4) is 0 Å². The zero-order valence-electron chi connectivity index (χ0n) is 11.0. The van der Waals surface area contributed by atoms with Gasteiger partial charge in [0.2, 0.25) is 0 Å². The van der Waals surface area contributed by atoms with Gasteiger partial charge in [-0.15, -0.1) is 0 Å². The molecule has 0 saturated carbocycles. The summed E-state index contributed by atoms with van der Waals surface area (Å²) in [6.07, 6.45) is 1.32. The van der Waals surface area contributed by atoms with Crippen molar-refractivity contribution in [1.82, 2.24) is 9.69 Å². The number of carbonyl (C=O) groups is 2. The Morgan fingerprint density at radius 1 is 1.50 bits per heavy atom. The summed E-state index contributed by atoms with van der Waals surface area (Å²) < 4.78 is 8.98. The van der Waals surface area contributed by atoms with E-state index in [-0.39, 0.29) is 18.2 Å². The molecule has 0 aliphatic carbocycles. The standard InChI is InChI=1S/C12H18N2O3S/c1-8(14-11(16)17-12(2,3)4)7-9(15)10-5-6-13-18-10/h5-6,8H,7H2,1-4H3,(H,14,16)/t8-/m1/s1. The molecular weight excluding hydrogens is 252 g/mol. The molecule has 1 heterocycles. The first-order valence-corrected chi connectivity index (χ1v) is 6.48. The molecule has 100 valence electrons. The number of nitrogens with one attached hydrogen (secondary N) is 1. The van der Waals surface area contributed by atoms with Gasteiger partial charge in [-0.1, -0.05) is 0 Å². The fraction of sp³-hybridized carbons (Fsp3) is 0.583. The number of Topliss-reactive ketones (excluding diaryl/α,β-unsaturated/α-hetero) is 1. The Labute approximate surface area is 111 Å². The van der Waals surface area contributed by atoms with E-state index >= 15 is 0 Å². The molecule has 0 aliphatic rings. The van der Waals surface area contributed by atoms with Crippen LogP contribution in [-0.2, 0) is 4.74 Å². The molecule has 1 atom stereocenters. The second-order valence-electron chi connectivity index (χ2n) is 5.05. The Bertz CT molecular complexity index is 409. The summed E-state index contributed by atoms with van der Waals surface area (Å²) in [5.41, 5.74) is -0.536. The molecule has 0 fully saturated rings. The summed E-state index contributed by atoms with van der Waals surface area (Å²) in [4.78, 5) is 23.8. The van der Waals surface area contributed by atoms with Crippen molar-refractivity contribution in [2.24, 2.45) is 0 Å². The monoisotopic (exact) mass is 270 g/mol. The van der Waals surface area contributed by atoms with E-state index in [1.807, 2.05) is 0 Å². The van der Waals surface area contributed by atoms with Crippen LogP contribution in [0, 0.1) is 0 Å². The highest BCUT2D eigenvalue weighted by atomic mass is 32.1. The van der Waals surface area contributed by atoms with E-state index in [4.69, 9.17) is 4.74 Å². The first-order valence-electron chi connectivity index (χ1n) is 5.71. The zero-order valence-corrected chi connectivity index (χ0v) is 11.8. The zero-order chi connectivity index (χ0) is 13.8. The molecule has 0 radical (unpaired) electrons. The van der Waals surface area contributed by atoms with E-state index in [2.05, 4.69) is 9.69 Å². The van der Waals surface area contributed by atoms with E-state index < -0.39 is 11.7 Å². The molecule has 0 aliphatic heterocycles. The fourth-order valence-corrected chi connectivity index (χ4v) is 1.84. The smallest absolute Gasteiger partial charge is 0.407 e. The third-order valence-electron chi connectivity index (χ3n) is 1.97. The van der Waals surface area contributed by atoms with Crippen LogP contribution in [0.3, 0.4) is 0 Å². The Morgan fingerprint density at radius 3 is 2.67 bits per heavy atom. The Balaban J connectivity index is 2.40. The number of amides is 1. The van der Waals surface area contributed by atoms with Crippen LogP contribution in [0.25, 0.3) is 0 Å². The van der Waals surface area contributed by atoms with Gasteiger partial charge in [0.1, 0.15) is 5.60 Å². The maximum absolute atomic E-state index is 11.8. The van der Waals surface area contributed by atoms with Gasteiger partial charge in [-0.2, -0.15) is 0 Å². The molecule has 6 heteroatoms. The highest BCUT2D eigenvalue weighted by molar-refractivity contribution is 7.08. The van der Waals surface area contributed by atoms with Crippen molar-refractivity contribution >= 4 is 23.4 Å². The van der Waals surface area contributed by atoms with Gasteiger partial charge in [0.25, 0.3) is 0 Å². The van der Waals surface area contributed by atoms with Crippen molar-refractivity contribution in [1.29, 1.82) is 0 Å². The number of nitrogens with zero attached hydrogens (tertiary/aromatic N) is 1. The second kappa shape index (κ2) is 5.95. The molecule has 0 bridgehead atoms. The predicted octanol–water partition coefficient (Wildman–Crippen LogP) is 2.63. The number of hydrogen-bond acceptors (Lipinski definition) is 5. The van der Waals surface area contributed by atoms with Crippen LogP contribution in [0.15, 0.2) is 12.3 Å². The minimum atomic E-state index is -0.536. The van der Waals surface area contributed by atoms with Crippen LogP contribution in [0.4, 0.5) is 4.79 Å². The van der Waals surface area contributed by atoms with Crippen LogP contribution in [0.2, 0.25) is 0 Å². The van der Waals surface area contributed by atoms with Gasteiger partial charge >= 0.3 is 6.09 Å². The summed E-state index contributed by atoms with van der Waals surface area (Å²) in [6.45, 7) is 7.14. The Hall–Kier alpha value is -1.43. The fourth-order valence-electron chi connectivity index (χ4n) is 1.30. The van der Waals surface area contributed by atoms with E-state index in [1.165, 1.54) is 0 Å². The lowest BCUT2D eigenvalue weighted by Gasteiger charge is -2.21. The lowest BCUT2D eigenvalue weighted by atomic mass is 10.1. The second-order valence-corrected chi connectivity index (χ2v) is 5.88. The van der Waals surface area contributed by atoms with Crippen LogP contribution in [-0.4, -0.2) is 27.9 Å². The number of alkyl carbamates (subject to hydrolysis) is 1. The minimum Gasteiger partial charge on any atom is -0.444 e. The number of hydrogen-bond donors (Lipinski definition) is 1. The predicted molar refractivity (Wildman–Crippen MR) is 69.9 cm³/mol. The molecule has 0 aromatic carbocycles. The van der Waals surface area contributed by atoms with Gasteiger partial charge in [0.15, 0.2) is 5.78 Å². The van der Waals surface area contributed by atoms with Gasteiger partial charge in [0, 0.05) is 18.7 Å². The first-order chi connectivity index (χ1) is 8.28. The molecule has 1 N–H and O–H groups in total. The molecule has 5 nitrogen and oxygen atoms in total. The Morgan fingerprint density at radius 2 is 2.17 bits per heavy atom. The van der Waals surface area contributed by atoms with Crippen LogP contribution in [0.5, 0.6) is 0 Å². The number of carbonyl (C=O) groups excluding carboxylic acids is 2. The molecule has 1 aromatic rings. The van der Waals surface area contributed by atoms with Crippen molar-refractivity contribution in [3.05, 3.63) is 17.1 Å². The minimum absolute atomic E-state index is 0.0268. The third kappa shape index (κ3) is 5.27. The average molecular weight is 270 g/mol. The average Bonchev–Trinajstić information content (AvgIpc) is 2.65. The highest BCUT2D eigenvalue weighted by Gasteiger charge is 2.19. The molecule has 1 aromatic heterocycles. The van der Waals surface area contributed by atoms with Crippen molar-refractivity contribution in [2.45, 2.75) is 45.8 Å². The lowest BCUT2D eigenvalue weighted by molar-refractivity contribution is 0.0506. The normalized spacial score (nSPS) is 12.9. The molecule has 0 saturated heterocycles. The largest absolute Gasteiger partial charge is 0.444 e. The molecular formula is C12H18N2O3S. The van der Waals surface area contributed by atoms with Gasteiger partial charge in [0.05, 0.1) is 4.88 Å². The van der Waals surface area contributed by atoms with Gasteiger partial charge in [-0.25, -0.2) is 9.17 Å². The summed E-state index contributed by atoms with van der Waals surface area (Å²) in [5.74, 6) is -0.0268. The quantitative estimate of drug-likeness (QED) is 0.854. The number of ketones is 1. The number of ether oxygens (including phenoxy) is 1. The maximum Gasteiger partial charge on any atom is 0.407 e. The molecule has 1 amide bonds. The van der Waals surface area contributed by atoms with Gasteiger partial charge in [-0.05, 0) is 45.3 Å². The van der Waals surface area contributed by atoms with Crippen molar-refractivity contribution in [3.63, 3.8) is 0 Å². The molecule has 1 rings (SSSR count). The SMILES string of the molecule is C[C@H](CC(=O)c1ccns1)NC(=O)OC(C)(C)C. The maximum atomic E-state index is 11.8. The molecule has 0 unspecified atom stereocenters. The molecule has 18 heavy (non-hydrogen) atoms. The van der Waals surface area contributed by atoms with Gasteiger partial charge in [-0.3, -0.25) is 4.79 Å². The highest BCUT2D eigenvalue weighted by Crippen LogP contribution is 2.10. The number of rotatable bonds is 4. The van der Waals surface area contributed by atoms with Crippen molar-refractivity contribution < 1.29 is 14.3 Å². The third-order valence-corrected chi connectivity index (χ3v) is 2.75. The van der Waals surface area contributed by atoms with E-state index in [0.29, 0.717) is 4.88 Å². The Kier molecular flexibility index (Phi) is 4.84. The van der Waals surface area contributed by atoms with E-state index in [0.717, 1.165) is 11.5 Å². The summed E-state index contributed by atoms with van der Waals surface area (Å²) in [7, 11) is 0. The van der Waals surface area contributed by atoms with Gasteiger partial charge < -0.3 is 10.1 Å². The topological polar surface area (TPSA) is 68.3 Å². The van der Waals surface area contributed by atoms with Crippen LogP contribution >= 0.6 is 11.5 Å². The van der Waals surface area contributed by atoms with Crippen molar-refractivity contribution in [2.75, 3.05) is 0 Å². The summed E-state index contributed by atoms with van der Waals surface area (Å²) >= 11 is 1.16. The summed E-state index contributed by atoms with van der Waals surface area (Å²) in [5, 5.41) is 2.63. The lowest BCUT2D eigenvalue weighted by Crippen LogP contribution is -2.38. The first kappa shape index (κ1) is 14.6. The van der Waals surface area contributed by atoms with Crippen LogP contribution < -0.4 is 5.32 Å². The summed E-state index contributed by atoms with van der Waals surface area (Å²) in [6, 6.07) is 1.40. The number of aromatic nitrogens is 1. The van der Waals surface area contributed by atoms with E-state index in [9.17, 15) is 9.59 Å². The molecule has 0 spiro atoms. The van der Waals surface area contributed by atoms with Crippen LogP contribution in [0.1, 0.15) is 43.8 Å².